The third-order valence-corrected chi connectivity index (χ3v) is 4.56. The fourth-order valence-electron chi connectivity index (χ4n) is 2.88. The van der Waals surface area contributed by atoms with E-state index in [-0.39, 0.29) is 24.8 Å². The number of nitrogens with zero attached hydrogens (tertiary/aromatic N) is 3. The molecule has 0 aliphatic rings. The zero-order valence-electron chi connectivity index (χ0n) is 16.2. The van der Waals surface area contributed by atoms with Gasteiger partial charge in [-0.25, -0.2) is 13.2 Å². The van der Waals surface area contributed by atoms with Gasteiger partial charge >= 0.3 is 0 Å². The van der Waals surface area contributed by atoms with Gasteiger partial charge < -0.3 is 15.0 Å². The minimum atomic E-state index is -1.27. The van der Waals surface area contributed by atoms with E-state index < -0.39 is 28.8 Å². The molecule has 30 heavy (non-hydrogen) atoms. The van der Waals surface area contributed by atoms with Crippen LogP contribution >= 0.6 is 36.4 Å². The highest BCUT2D eigenvalue weighted by Crippen LogP contribution is 2.34. The van der Waals surface area contributed by atoms with Gasteiger partial charge in [0, 0.05) is 31.3 Å². The fraction of sp³-hybridized carbons (Fsp3) is 0.263. The van der Waals surface area contributed by atoms with Gasteiger partial charge in [-0.15, -0.1) is 35.0 Å². The van der Waals surface area contributed by atoms with E-state index in [1.165, 1.54) is 0 Å². The summed E-state index contributed by atoms with van der Waals surface area (Å²) in [6.45, 7) is 3.49. The monoisotopic (exact) mass is 482 g/mol. The Morgan fingerprint density at radius 3 is 2.20 bits per heavy atom. The van der Waals surface area contributed by atoms with Crippen LogP contribution in [0.3, 0.4) is 0 Å². The van der Waals surface area contributed by atoms with Crippen LogP contribution in [0.1, 0.15) is 25.2 Å². The second-order valence-corrected chi connectivity index (χ2v) is 7.14. The first kappa shape index (κ1) is 26.0. The van der Waals surface area contributed by atoms with Crippen molar-refractivity contribution >= 4 is 36.4 Å². The minimum absolute atomic E-state index is 0. The number of aromatic nitrogens is 3. The Bertz CT molecular complexity index is 1020. The average Bonchev–Trinajstić information content (AvgIpc) is 3.00. The van der Waals surface area contributed by atoms with Crippen molar-refractivity contribution in [2.45, 2.75) is 26.0 Å². The number of nitrogens with two attached hydrogens (primary N) is 1. The maximum absolute atomic E-state index is 14.0. The minimum Gasteiger partial charge on any atom is -0.474 e. The van der Waals surface area contributed by atoms with Crippen molar-refractivity contribution in [2.75, 3.05) is 0 Å². The van der Waals surface area contributed by atoms with Crippen LogP contribution < -0.4 is 10.5 Å². The van der Waals surface area contributed by atoms with E-state index in [0.29, 0.717) is 40.9 Å². The molecule has 0 bridgehead atoms. The van der Waals surface area contributed by atoms with Gasteiger partial charge in [0.15, 0.2) is 34.6 Å². The molecule has 0 fully saturated rings. The van der Waals surface area contributed by atoms with Gasteiger partial charge in [-0.1, -0.05) is 17.7 Å². The van der Waals surface area contributed by atoms with Crippen LogP contribution in [0.25, 0.3) is 11.4 Å². The van der Waals surface area contributed by atoms with Gasteiger partial charge in [0.25, 0.3) is 0 Å². The normalized spacial score (nSPS) is 10.9. The molecule has 5 nitrogen and oxygen atoms in total. The van der Waals surface area contributed by atoms with Crippen LogP contribution in [-0.4, -0.2) is 14.8 Å². The third-order valence-electron chi connectivity index (χ3n) is 4.24. The predicted molar refractivity (Wildman–Crippen MR) is 114 cm³/mol. The van der Waals surface area contributed by atoms with Gasteiger partial charge in [-0.2, -0.15) is 0 Å². The van der Waals surface area contributed by atoms with Gasteiger partial charge in [0.1, 0.15) is 5.82 Å². The summed E-state index contributed by atoms with van der Waals surface area (Å²) in [5.41, 5.74) is 5.82. The molecule has 0 aliphatic carbocycles. The van der Waals surface area contributed by atoms with Gasteiger partial charge in [-0.05, 0) is 31.5 Å². The van der Waals surface area contributed by atoms with E-state index in [4.69, 9.17) is 22.1 Å². The van der Waals surface area contributed by atoms with Crippen LogP contribution in [0.5, 0.6) is 5.75 Å². The van der Waals surface area contributed by atoms with E-state index in [1.54, 1.807) is 37.6 Å². The lowest BCUT2D eigenvalue weighted by atomic mass is 10.1. The van der Waals surface area contributed by atoms with Gasteiger partial charge in [0.05, 0.1) is 5.02 Å². The van der Waals surface area contributed by atoms with Crippen molar-refractivity contribution in [3.8, 4) is 17.1 Å². The standard InChI is InChI=1S/C19H18ClF3N4O.2ClH/c1-19(2,28-16-14(22)7-11(21)8-15(16)23)18-26-25-17(27(18)3)12-5-4-10(9-24)6-13(12)20;;/h4-8H,9,24H2,1-3H3;2*1H. The molecule has 2 N–H and O–H groups in total. The van der Waals surface area contributed by atoms with E-state index >= 15 is 0 Å². The second-order valence-electron chi connectivity index (χ2n) is 6.74. The molecule has 0 spiro atoms. The van der Waals surface area contributed by atoms with Crippen LogP contribution in [-0.2, 0) is 19.2 Å². The number of ether oxygens (including phenoxy) is 1. The average molecular weight is 484 g/mol. The summed E-state index contributed by atoms with van der Waals surface area (Å²) in [6.07, 6.45) is 0. The van der Waals surface area contributed by atoms with Crippen LogP contribution in [0.2, 0.25) is 5.02 Å². The molecular weight excluding hydrogens is 464 g/mol. The summed E-state index contributed by atoms with van der Waals surface area (Å²) in [5, 5.41) is 8.69. The van der Waals surface area contributed by atoms with E-state index in [2.05, 4.69) is 10.2 Å². The van der Waals surface area contributed by atoms with Crippen LogP contribution in [0.4, 0.5) is 13.2 Å². The molecule has 3 aromatic rings. The molecular formula is C19H20Cl3F3N4O. The summed E-state index contributed by atoms with van der Waals surface area (Å²) in [5.74, 6) is -3.27. The first-order valence-corrected chi connectivity index (χ1v) is 8.74. The molecule has 2 aromatic carbocycles. The lowest BCUT2D eigenvalue weighted by Crippen LogP contribution is -2.30. The summed E-state index contributed by atoms with van der Waals surface area (Å²) in [7, 11) is 1.68. The third kappa shape index (κ3) is 5.00. The molecule has 0 amide bonds. The maximum Gasteiger partial charge on any atom is 0.192 e. The summed E-state index contributed by atoms with van der Waals surface area (Å²) in [6, 6.07) is 6.42. The Hall–Kier alpha value is -2.00. The highest BCUT2D eigenvalue weighted by molar-refractivity contribution is 6.33. The summed E-state index contributed by atoms with van der Waals surface area (Å²) >= 11 is 6.32. The Kier molecular flexibility index (Phi) is 8.57. The molecule has 3 rings (SSSR count). The quantitative estimate of drug-likeness (QED) is 0.544. The smallest absolute Gasteiger partial charge is 0.192 e. The molecule has 0 unspecified atom stereocenters. The zero-order chi connectivity index (χ0) is 20.6. The molecule has 11 heteroatoms. The fourth-order valence-corrected chi connectivity index (χ4v) is 3.17. The highest BCUT2D eigenvalue weighted by Gasteiger charge is 2.32. The molecule has 164 valence electrons. The number of halogens is 6. The number of hydrogen-bond donors (Lipinski definition) is 1. The van der Waals surface area contributed by atoms with Crippen LogP contribution in [0, 0.1) is 17.5 Å². The largest absolute Gasteiger partial charge is 0.474 e. The summed E-state index contributed by atoms with van der Waals surface area (Å²) in [4.78, 5) is 0. The van der Waals surface area contributed by atoms with E-state index in [1.807, 2.05) is 6.07 Å². The molecule has 1 heterocycles. The maximum atomic E-state index is 14.0. The number of hydrogen-bond acceptors (Lipinski definition) is 4. The molecule has 0 radical (unpaired) electrons. The second kappa shape index (κ2) is 9.87. The van der Waals surface area contributed by atoms with Crippen molar-refractivity contribution in [3.63, 3.8) is 0 Å². The van der Waals surface area contributed by atoms with Crippen molar-refractivity contribution in [2.24, 2.45) is 12.8 Å². The van der Waals surface area contributed by atoms with Crippen molar-refractivity contribution < 1.29 is 17.9 Å². The molecule has 0 saturated carbocycles. The predicted octanol–water partition coefficient (Wildman–Crippen LogP) is 5.17. The van der Waals surface area contributed by atoms with Gasteiger partial charge in [0.2, 0.25) is 0 Å². The lowest BCUT2D eigenvalue weighted by molar-refractivity contribution is 0.0833. The SMILES string of the molecule is Cl.Cl.Cn1c(-c2ccc(CN)cc2Cl)nnc1C(C)(C)Oc1c(F)cc(F)cc1F. The van der Waals surface area contributed by atoms with Crippen molar-refractivity contribution in [3.05, 3.63) is 64.2 Å². The van der Waals surface area contributed by atoms with Crippen LogP contribution in [0.15, 0.2) is 30.3 Å². The van der Waals surface area contributed by atoms with Gasteiger partial charge in [-0.3, -0.25) is 0 Å². The van der Waals surface area contributed by atoms with Crippen molar-refractivity contribution in [1.82, 2.24) is 14.8 Å². The summed E-state index contributed by atoms with van der Waals surface area (Å²) < 4.78 is 48.2. The van der Waals surface area contributed by atoms with Crippen molar-refractivity contribution in [1.29, 1.82) is 0 Å². The van der Waals surface area contributed by atoms with E-state index in [9.17, 15) is 13.2 Å². The molecule has 0 saturated heterocycles. The number of rotatable bonds is 5. The van der Waals surface area contributed by atoms with E-state index in [0.717, 1.165) is 5.56 Å². The Morgan fingerprint density at radius 1 is 1.07 bits per heavy atom. The Labute approximate surface area is 189 Å². The number of benzene rings is 2. The molecule has 0 aliphatic heterocycles. The first-order valence-electron chi connectivity index (χ1n) is 8.36. The Morgan fingerprint density at radius 2 is 1.67 bits per heavy atom. The Balaban J connectivity index is 0.00000225. The lowest BCUT2D eigenvalue weighted by Gasteiger charge is -2.26. The molecule has 0 atom stereocenters. The highest BCUT2D eigenvalue weighted by atomic mass is 35.5. The zero-order valence-corrected chi connectivity index (χ0v) is 18.6. The molecule has 1 aromatic heterocycles. The first-order chi connectivity index (χ1) is 13.1. The topological polar surface area (TPSA) is 66.0 Å².